The molecule has 0 unspecified atom stereocenters. The number of carbonyl (C=O) groups is 4. The van der Waals surface area contributed by atoms with Crippen LogP contribution in [0.25, 0.3) is 10.8 Å². The van der Waals surface area contributed by atoms with Gasteiger partial charge in [-0.2, -0.15) is 0 Å². The van der Waals surface area contributed by atoms with Crippen molar-refractivity contribution >= 4 is 34.2 Å². The van der Waals surface area contributed by atoms with Crippen molar-refractivity contribution in [1.82, 2.24) is 4.90 Å². The van der Waals surface area contributed by atoms with Gasteiger partial charge in [-0.05, 0) is 118 Å². The summed E-state index contributed by atoms with van der Waals surface area (Å²) in [5.74, 6) is -7.07. The fourth-order valence-electron chi connectivity index (χ4n) is 10.7. The molecule has 3 heterocycles. The zero-order valence-electron chi connectivity index (χ0n) is 39.7. The average molecular weight is 904 g/mol. The van der Waals surface area contributed by atoms with Crippen molar-refractivity contribution in [3.63, 3.8) is 0 Å². The summed E-state index contributed by atoms with van der Waals surface area (Å²) in [4.78, 5) is 58.3. The zero-order valence-corrected chi connectivity index (χ0v) is 39.7. The number of esters is 1. The predicted molar refractivity (Wildman–Crippen MR) is 246 cm³/mol. The molecule has 2 bridgehead atoms. The SMILES string of the molecule is CC[C@@H]1/C=C(/C)C[C@H](C)C[C@H](OC)[C@H]2O[C@@](O)(C(=O)C(=O)N3CCCC[C@H]3C(=O)O[C@H](/C(C)=C/[C@@H]3CC[C@@H](Oc4ccc5ccccc5c4)[C@H](O)C3)[C@H](C)[C@@H](O)CC1=O)[C@H](C)C[C@@H]2OC. The summed E-state index contributed by atoms with van der Waals surface area (Å²) in [7, 11) is 3.07. The van der Waals surface area contributed by atoms with Crippen molar-refractivity contribution in [3.05, 3.63) is 65.8 Å². The third kappa shape index (κ3) is 11.8. The average Bonchev–Trinajstić information content (AvgIpc) is 3.29. The number of rotatable bonds is 7. The van der Waals surface area contributed by atoms with Crippen LogP contribution in [0.15, 0.2) is 65.8 Å². The Kier molecular flexibility index (Phi) is 17.2. The maximum absolute atomic E-state index is 14.5. The molecule has 1 amide bonds. The van der Waals surface area contributed by atoms with E-state index in [9.17, 15) is 34.5 Å². The predicted octanol–water partition coefficient (Wildman–Crippen LogP) is 7.06. The lowest BCUT2D eigenvalue weighted by molar-refractivity contribution is -0.302. The molecular weight excluding hydrogens is 831 g/mol. The van der Waals surface area contributed by atoms with Crippen molar-refractivity contribution in [2.24, 2.45) is 29.6 Å². The first-order valence-corrected chi connectivity index (χ1v) is 23.9. The number of hydrogen-bond acceptors (Lipinski definition) is 12. The van der Waals surface area contributed by atoms with Crippen LogP contribution in [0.5, 0.6) is 5.75 Å². The highest BCUT2D eigenvalue weighted by molar-refractivity contribution is 6.39. The third-order valence-electron chi connectivity index (χ3n) is 14.6. The topological polar surface area (TPSA) is 178 Å². The number of Topliss-reactive ketones (excluding diaryl/α,β-unsaturated/α-hetero) is 2. The minimum Gasteiger partial charge on any atom is -0.488 e. The lowest BCUT2D eigenvalue weighted by atomic mass is 9.81. The van der Waals surface area contributed by atoms with E-state index >= 15 is 0 Å². The Morgan fingerprint density at radius 2 is 1.58 bits per heavy atom. The van der Waals surface area contributed by atoms with Crippen LogP contribution in [-0.4, -0.2) is 119 Å². The molecule has 1 saturated carbocycles. The van der Waals surface area contributed by atoms with Crippen LogP contribution >= 0.6 is 0 Å². The van der Waals surface area contributed by atoms with Crippen molar-refractivity contribution in [3.8, 4) is 5.75 Å². The van der Waals surface area contributed by atoms with E-state index in [1.165, 1.54) is 19.1 Å². The highest BCUT2D eigenvalue weighted by Gasteiger charge is 2.56. The molecule has 3 aliphatic heterocycles. The summed E-state index contributed by atoms with van der Waals surface area (Å²) in [6, 6.07) is 12.7. The van der Waals surface area contributed by atoms with E-state index in [0.29, 0.717) is 62.7 Å². The number of cyclic esters (lactones) is 1. The first-order chi connectivity index (χ1) is 31.0. The molecular formula is C52H73NO12. The number of methoxy groups -OCH3 is 2. The van der Waals surface area contributed by atoms with Gasteiger partial charge >= 0.3 is 5.97 Å². The van der Waals surface area contributed by atoms with E-state index in [0.717, 1.165) is 16.3 Å². The highest BCUT2D eigenvalue weighted by Crippen LogP contribution is 2.39. The molecule has 358 valence electrons. The Hall–Kier alpha value is -3.98. The van der Waals surface area contributed by atoms with Crippen LogP contribution in [0.2, 0.25) is 0 Å². The van der Waals surface area contributed by atoms with Crippen LogP contribution in [0.3, 0.4) is 0 Å². The highest BCUT2D eigenvalue weighted by atomic mass is 16.7. The molecule has 2 aromatic carbocycles. The molecule has 65 heavy (non-hydrogen) atoms. The second-order valence-corrected chi connectivity index (χ2v) is 19.5. The summed E-state index contributed by atoms with van der Waals surface area (Å²) in [6.45, 7) is 11.2. The number of ketones is 2. The maximum atomic E-state index is 14.5. The third-order valence-corrected chi connectivity index (χ3v) is 14.6. The molecule has 0 radical (unpaired) electrons. The Morgan fingerprint density at radius 1 is 0.877 bits per heavy atom. The number of amides is 1. The standard InChI is InChI=1S/C52H73NO12/c1-9-36-23-30(2)22-31(3)24-45(61-7)48-46(62-8)26-33(5)52(60,65-48)49(57)50(58)53-21-13-12-16-40(53)51(59)64-47(34(6)41(54)29-42(36)55)32(4)25-35-17-20-44(43(56)27-35)63-39-19-18-37-14-10-11-15-38(37)28-39/h10-11,14-15,18-19,23,25,28,31,33-36,40-41,43-48,54,56,60H,9,12-13,16-17,20-22,24,26-27,29H2,1-8H3/b30-23-,32-25+/t31-,33+,34+,35-,36+,40-,41-,43+,44+,45-,46-,47+,48+,52+/m0/s1. The lowest BCUT2D eigenvalue weighted by Gasteiger charge is -2.47. The Balaban J connectivity index is 1.29. The number of allylic oxidation sites excluding steroid dienone is 3. The normalized spacial score (nSPS) is 37.4. The van der Waals surface area contributed by atoms with Gasteiger partial charge in [0.1, 0.15) is 35.9 Å². The molecule has 0 spiro atoms. The molecule has 3 fully saturated rings. The summed E-state index contributed by atoms with van der Waals surface area (Å²) in [6.07, 6.45) is 3.10. The van der Waals surface area contributed by atoms with Gasteiger partial charge in [-0.3, -0.25) is 14.4 Å². The van der Waals surface area contributed by atoms with Gasteiger partial charge in [-0.15, -0.1) is 0 Å². The number of hydrogen-bond donors (Lipinski definition) is 3. The second kappa shape index (κ2) is 22.2. The van der Waals surface area contributed by atoms with Crippen molar-refractivity contribution in [2.75, 3.05) is 20.8 Å². The molecule has 1 aliphatic carbocycles. The Bertz CT molecular complexity index is 2050. The number of piperidine rings is 1. The van der Waals surface area contributed by atoms with Gasteiger partial charge in [-0.25, -0.2) is 4.79 Å². The number of ether oxygens (including phenoxy) is 5. The molecule has 6 rings (SSSR count). The van der Waals surface area contributed by atoms with E-state index in [2.05, 4.69) is 6.92 Å². The van der Waals surface area contributed by atoms with Crippen LogP contribution in [0.4, 0.5) is 0 Å². The van der Waals surface area contributed by atoms with E-state index in [4.69, 9.17) is 23.7 Å². The number of fused-ring (bicyclic) bond motifs is 4. The molecule has 2 saturated heterocycles. The van der Waals surface area contributed by atoms with Crippen LogP contribution in [-0.2, 0) is 38.1 Å². The van der Waals surface area contributed by atoms with Crippen molar-refractivity contribution in [2.45, 2.75) is 167 Å². The second-order valence-electron chi connectivity index (χ2n) is 19.5. The van der Waals surface area contributed by atoms with Crippen LogP contribution in [0, 0.1) is 29.6 Å². The quantitative estimate of drug-likeness (QED) is 0.147. The largest absolute Gasteiger partial charge is 0.488 e. The molecule has 13 heteroatoms. The van der Waals surface area contributed by atoms with E-state index in [-0.39, 0.29) is 43.4 Å². The molecule has 2 aromatic rings. The monoisotopic (exact) mass is 904 g/mol. The van der Waals surface area contributed by atoms with Crippen molar-refractivity contribution < 1.29 is 58.2 Å². The summed E-state index contributed by atoms with van der Waals surface area (Å²) < 4.78 is 30.7. The van der Waals surface area contributed by atoms with Gasteiger partial charge in [-0.1, -0.05) is 75.8 Å². The van der Waals surface area contributed by atoms with Crippen molar-refractivity contribution in [1.29, 1.82) is 0 Å². The fraction of sp³-hybridized carbons (Fsp3) is 0.654. The number of benzene rings is 2. The first-order valence-electron chi connectivity index (χ1n) is 23.9. The summed E-state index contributed by atoms with van der Waals surface area (Å²) in [5.41, 5.74) is 1.62. The zero-order chi connectivity index (χ0) is 47.2. The first kappa shape index (κ1) is 50.4. The Labute approximate surface area is 384 Å². The lowest BCUT2D eigenvalue weighted by Crippen LogP contribution is -2.64. The smallest absolute Gasteiger partial charge is 0.329 e. The molecule has 0 aromatic heterocycles. The van der Waals surface area contributed by atoms with Gasteiger partial charge in [0.15, 0.2) is 0 Å². The number of carbonyl (C=O) groups excluding carboxylic acids is 4. The summed E-state index contributed by atoms with van der Waals surface area (Å²) in [5, 5.41) is 37.4. The molecule has 14 atom stereocenters. The van der Waals surface area contributed by atoms with E-state index in [1.54, 1.807) is 13.8 Å². The van der Waals surface area contributed by atoms with Crippen LogP contribution < -0.4 is 4.74 Å². The number of nitrogens with zero attached hydrogens (tertiary/aromatic N) is 1. The Morgan fingerprint density at radius 3 is 2.28 bits per heavy atom. The summed E-state index contributed by atoms with van der Waals surface area (Å²) >= 11 is 0. The number of aliphatic hydroxyl groups is 3. The molecule has 4 aliphatic rings. The van der Waals surface area contributed by atoms with Gasteiger partial charge in [0.25, 0.3) is 11.7 Å². The minimum atomic E-state index is -2.52. The van der Waals surface area contributed by atoms with Crippen LogP contribution in [0.1, 0.15) is 112 Å². The number of aliphatic hydroxyl groups excluding tert-OH is 2. The van der Waals surface area contributed by atoms with Gasteiger partial charge in [0.05, 0.1) is 24.4 Å². The van der Waals surface area contributed by atoms with Gasteiger partial charge in [0.2, 0.25) is 5.79 Å². The van der Waals surface area contributed by atoms with Gasteiger partial charge < -0.3 is 43.9 Å². The maximum Gasteiger partial charge on any atom is 0.329 e. The fourth-order valence-corrected chi connectivity index (χ4v) is 10.7. The molecule has 3 N–H and O–H groups in total. The van der Waals surface area contributed by atoms with Gasteiger partial charge in [0, 0.05) is 44.9 Å². The van der Waals surface area contributed by atoms with E-state index in [1.807, 2.05) is 75.4 Å². The molecule has 13 nitrogen and oxygen atoms in total. The minimum absolute atomic E-state index is 0.0236. The van der Waals surface area contributed by atoms with E-state index < -0.39 is 90.0 Å².